The van der Waals surface area contributed by atoms with Gasteiger partial charge >= 0.3 is 0 Å². The van der Waals surface area contributed by atoms with Crippen LogP contribution in [0.15, 0.2) is 49.3 Å². The maximum absolute atomic E-state index is 4.34. The Kier molecular flexibility index (Phi) is 2.97. The van der Waals surface area contributed by atoms with Gasteiger partial charge in [0.25, 0.3) is 0 Å². The van der Waals surface area contributed by atoms with Crippen molar-refractivity contribution >= 4 is 34.5 Å². The third-order valence-corrected chi connectivity index (χ3v) is 3.25. The van der Waals surface area contributed by atoms with E-state index in [4.69, 9.17) is 0 Å². The topological polar surface area (TPSA) is 77.3 Å². The van der Waals surface area contributed by atoms with E-state index in [1.807, 2.05) is 24.3 Å². The highest BCUT2D eigenvalue weighted by molar-refractivity contribution is 5.89. The molecule has 4 aromatic heterocycles. The van der Waals surface area contributed by atoms with Gasteiger partial charge in [0.1, 0.15) is 11.0 Å². The molecule has 0 aliphatic rings. The summed E-state index contributed by atoms with van der Waals surface area (Å²) in [6, 6.07) is 3.81. The summed E-state index contributed by atoms with van der Waals surface area (Å²) in [4.78, 5) is 25.5. The van der Waals surface area contributed by atoms with Crippen LogP contribution in [-0.2, 0) is 0 Å². The Bertz CT molecular complexity index is 904. The Morgan fingerprint density at radius 2 is 0.909 bits per heavy atom. The lowest BCUT2D eigenvalue weighted by molar-refractivity contribution is 1.22. The molecular formula is C16H10N6. The molecule has 0 unspecified atom stereocenters. The number of hydrogen-bond donors (Lipinski definition) is 0. The fraction of sp³-hybridized carbons (Fsp3) is 0. The second-order valence-corrected chi connectivity index (χ2v) is 4.59. The maximum Gasteiger partial charge on any atom is 0.178 e. The molecule has 104 valence electrons. The molecule has 0 saturated carbocycles. The normalized spacial score (nSPS) is 11.5. The molecule has 0 saturated heterocycles. The van der Waals surface area contributed by atoms with Crippen molar-refractivity contribution in [1.82, 2.24) is 29.9 Å². The molecule has 22 heavy (non-hydrogen) atoms. The summed E-state index contributed by atoms with van der Waals surface area (Å²) in [5, 5.41) is 0. The Morgan fingerprint density at radius 3 is 1.41 bits per heavy atom. The monoisotopic (exact) mass is 286 g/mol. The fourth-order valence-corrected chi connectivity index (χ4v) is 2.24. The smallest absolute Gasteiger partial charge is 0.178 e. The summed E-state index contributed by atoms with van der Waals surface area (Å²) >= 11 is 0. The van der Waals surface area contributed by atoms with Crippen molar-refractivity contribution in [3.8, 4) is 0 Å². The molecule has 6 heteroatoms. The van der Waals surface area contributed by atoms with Gasteiger partial charge < -0.3 is 0 Å². The van der Waals surface area contributed by atoms with Crippen LogP contribution in [0.4, 0.5) is 0 Å². The molecule has 4 rings (SSSR count). The van der Waals surface area contributed by atoms with E-state index in [0.717, 1.165) is 22.2 Å². The highest BCUT2D eigenvalue weighted by Gasteiger charge is 2.03. The van der Waals surface area contributed by atoms with Gasteiger partial charge in [0.05, 0.1) is 0 Å². The van der Waals surface area contributed by atoms with Gasteiger partial charge in [-0.3, -0.25) is 9.97 Å². The molecule has 0 aliphatic carbocycles. The molecule has 0 fully saturated rings. The van der Waals surface area contributed by atoms with Crippen molar-refractivity contribution in [2.24, 2.45) is 0 Å². The highest BCUT2D eigenvalue weighted by atomic mass is 14.9. The fourth-order valence-electron chi connectivity index (χ4n) is 2.24. The molecule has 0 spiro atoms. The van der Waals surface area contributed by atoms with Gasteiger partial charge in [-0.05, 0) is 12.1 Å². The lowest BCUT2D eigenvalue weighted by Gasteiger charge is -2.01. The minimum Gasteiger partial charge on any atom is -0.251 e. The lowest BCUT2D eigenvalue weighted by atomic mass is 10.1. The van der Waals surface area contributed by atoms with E-state index in [0.29, 0.717) is 11.3 Å². The first-order valence-electron chi connectivity index (χ1n) is 6.71. The van der Waals surface area contributed by atoms with E-state index in [-0.39, 0.29) is 0 Å². The van der Waals surface area contributed by atoms with E-state index in [2.05, 4.69) is 29.9 Å². The van der Waals surface area contributed by atoms with Crippen LogP contribution in [0.25, 0.3) is 34.5 Å². The molecule has 6 nitrogen and oxygen atoms in total. The summed E-state index contributed by atoms with van der Waals surface area (Å²) in [5.41, 5.74) is 4.70. The molecular weight excluding hydrogens is 276 g/mol. The SMILES string of the molecule is C(=Cc1ccnc2nccnc12)c1ccnc2nccnc12. The Balaban J connectivity index is 1.83. The molecule has 0 atom stereocenters. The van der Waals surface area contributed by atoms with Gasteiger partial charge in [0.2, 0.25) is 0 Å². The molecule has 4 aromatic rings. The number of aromatic nitrogens is 6. The quantitative estimate of drug-likeness (QED) is 0.563. The zero-order valence-electron chi connectivity index (χ0n) is 11.5. The zero-order chi connectivity index (χ0) is 14.8. The van der Waals surface area contributed by atoms with Crippen LogP contribution in [0.5, 0.6) is 0 Å². The first kappa shape index (κ1) is 12.5. The van der Waals surface area contributed by atoms with E-state index >= 15 is 0 Å². The van der Waals surface area contributed by atoms with Gasteiger partial charge in [-0.25, -0.2) is 19.9 Å². The van der Waals surface area contributed by atoms with Crippen LogP contribution >= 0.6 is 0 Å². The predicted octanol–water partition coefficient (Wildman–Crippen LogP) is 2.53. The molecule has 4 heterocycles. The lowest BCUT2D eigenvalue weighted by Crippen LogP contribution is -1.90. The summed E-state index contributed by atoms with van der Waals surface area (Å²) in [5.74, 6) is 0. The molecule has 0 aliphatic heterocycles. The average Bonchev–Trinajstić information content (AvgIpc) is 2.60. The van der Waals surface area contributed by atoms with Crippen LogP contribution in [0, 0.1) is 0 Å². The second kappa shape index (κ2) is 5.25. The van der Waals surface area contributed by atoms with Gasteiger partial charge in [0, 0.05) is 48.3 Å². The first-order valence-corrected chi connectivity index (χ1v) is 6.71. The summed E-state index contributed by atoms with van der Waals surface area (Å²) < 4.78 is 0. The van der Waals surface area contributed by atoms with Crippen LogP contribution in [-0.4, -0.2) is 29.9 Å². The van der Waals surface area contributed by atoms with Crippen molar-refractivity contribution in [2.75, 3.05) is 0 Å². The number of rotatable bonds is 2. The van der Waals surface area contributed by atoms with Gasteiger partial charge in [-0.2, -0.15) is 0 Å². The van der Waals surface area contributed by atoms with Crippen molar-refractivity contribution in [2.45, 2.75) is 0 Å². The van der Waals surface area contributed by atoms with Crippen molar-refractivity contribution in [3.63, 3.8) is 0 Å². The standard InChI is InChI=1S/C16H10N6/c1(11-3-5-19-15-13(11)17-7-9-21-15)2-12-4-6-20-16-14(12)18-8-10-22-16/h1-10H. The van der Waals surface area contributed by atoms with Crippen molar-refractivity contribution in [3.05, 3.63) is 60.4 Å². The maximum atomic E-state index is 4.34. The first-order chi connectivity index (χ1) is 10.9. The minimum atomic E-state index is 0.629. The predicted molar refractivity (Wildman–Crippen MR) is 83.6 cm³/mol. The molecule has 0 aromatic carbocycles. The van der Waals surface area contributed by atoms with E-state index in [1.54, 1.807) is 37.2 Å². The summed E-state index contributed by atoms with van der Waals surface area (Å²) in [7, 11) is 0. The van der Waals surface area contributed by atoms with Gasteiger partial charge in [-0.1, -0.05) is 12.2 Å². The number of hydrogen-bond acceptors (Lipinski definition) is 6. The third kappa shape index (κ3) is 2.16. The average molecular weight is 286 g/mol. The minimum absolute atomic E-state index is 0.629. The van der Waals surface area contributed by atoms with E-state index < -0.39 is 0 Å². The Hall–Kier alpha value is -3.28. The van der Waals surface area contributed by atoms with Crippen molar-refractivity contribution < 1.29 is 0 Å². The van der Waals surface area contributed by atoms with Crippen LogP contribution < -0.4 is 0 Å². The van der Waals surface area contributed by atoms with Crippen LogP contribution in [0.3, 0.4) is 0 Å². The van der Waals surface area contributed by atoms with Crippen LogP contribution in [0.1, 0.15) is 11.1 Å². The second-order valence-electron chi connectivity index (χ2n) is 4.59. The molecule has 0 radical (unpaired) electrons. The summed E-state index contributed by atoms with van der Waals surface area (Å²) in [6.07, 6.45) is 14.0. The third-order valence-electron chi connectivity index (χ3n) is 3.25. The van der Waals surface area contributed by atoms with Gasteiger partial charge in [-0.15, -0.1) is 0 Å². The van der Waals surface area contributed by atoms with Crippen molar-refractivity contribution in [1.29, 1.82) is 0 Å². The van der Waals surface area contributed by atoms with E-state index in [1.165, 1.54) is 0 Å². The molecule has 0 bridgehead atoms. The van der Waals surface area contributed by atoms with Crippen LogP contribution in [0.2, 0.25) is 0 Å². The zero-order valence-corrected chi connectivity index (χ0v) is 11.5. The Labute approximate surface area is 125 Å². The van der Waals surface area contributed by atoms with Gasteiger partial charge in [0.15, 0.2) is 11.3 Å². The molecule has 0 N–H and O–H groups in total. The number of pyridine rings is 2. The molecule has 0 amide bonds. The number of nitrogens with zero attached hydrogens (tertiary/aromatic N) is 6. The largest absolute Gasteiger partial charge is 0.251 e. The Morgan fingerprint density at radius 1 is 0.500 bits per heavy atom. The summed E-state index contributed by atoms with van der Waals surface area (Å²) in [6.45, 7) is 0. The highest BCUT2D eigenvalue weighted by Crippen LogP contribution is 2.17. The van der Waals surface area contributed by atoms with E-state index in [9.17, 15) is 0 Å². The number of fused-ring (bicyclic) bond motifs is 2.